The van der Waals surface area contributed by atoms with Gasteiger partial charge < -0.3 is 15.6 Å². The number of rotatable bonds is 3. The summed E-state index contributed by atoms with van der Waals surface area (Å²) >= 11 is 3.18. The number of nitrogens with zero attached hydrogens (tertiary/aromatic N) is 1. The minimum Gasteiger partial charge on any atom is -0.481 e. The van der Waals surface area contributed by atoms with Crippen molar-refractivity contribution in [1.29, 1.82) is 0 Å². The van der Waals surface area contributed by atoms with Crippen molar-refractivity contribution < 1.29 is 27.4 Å². The highest BCUT2D eigenvalue weighted by Crippen LogP contribution is 2.38. The minimum absolute atomic E-state index is 0.158. The third-order valence-electron chi connectivity index (χ3n) is 2.99. The molecule has 9 heteroatoms. The van der Waals surface area contributed by atoms with E-state index in [2.05, 4.69) is 20.9 Å². The van der Waals surface area contributed by atoms with E-state index in [4.69, 9.17) is 10.5 Å². The summed E-state index contributed by atoms with van der Waals surface area (Å²) in [6, 6.07) is 8.44. The van der Waals surface area contributed by atoms with Crippen molar-refractivity contribution in [3.63, 3.8) is 0 Å². The molecule has 0 saturated carbocycles. The predicted molar refractivity (Wildman–Crippen MR) is 83.9 cm³/mol. The molecule has 0 aliphatic heterocycles. The summed E-state index contributed by atoms with van der Waals surface area (Å²) in [6.07, 6.45) is -3.96. The first-order valence-electron chi connectivity index (χ1n) is 6.55. The van der Waals surface area contributed by atoms with Gasteiger partial charge in [-0.15, -0.1) is 0 Å². The van der Waals surface area contributed by atoms with Crippen LogP contribution in [0.4, 0.5) is 17.6 Å². The highest BCUT2D eigenvalue weighted by Gasteiger charge is 2.54. The maximum absolute atomic E-state index is 12.6. The lowest BCUT2D eigenvalue weighted by Crippen LogP contribution is -2.48. The number of aromatic nitrogens is 1. The van der Waals surface area contributed by atoms with E-state index in [-0.39, 0.29) is 11.7 Å². The minimum atomic E-state index is -4.85. The summed E-state index contributed by atoms with van der Waals surface area (Å²) in [5.41, 5.74) is 1.48. The Hall–Kier alpha value is -1.71. The fraction of sp³-hybridized carbons (Fsp3) is 0.267. The lowest BCUT2D eigenvalue weighted by Gasteiger charge is -2.29. The average molecular weight is 411 g/mol. The first-order chi connectivity index (χ1) is 11.1. The molecule has 0 spiro atoms. The van der Waals surface area contributed by atoms with Gasteiger partial charge in [-0.05, 0) is 30.3 Å². The van der Waals surface area contributed by atoms with E-state index in [1.54, 1.807) is 12.1 Å². The zero-order chi connectivity index (χ0) is 18.4. The first kappa shape index (κ1) is 20.3. The first-order valence-corrected chi connectivity index (χ1v) is 7.34. The predicted octanol–water partition coefficient (Wildman–Crippen LogP) is 3.39. The van der Waals surface area contributed by atoms with Crippen molar-refractivity contribution in [2.24, 2.45) is 5.73 Å². The Balaban J connectivity index is 0.000000300. The molecule has 1 aromatic heterocycles. The maximum atomic E-state index is 12.6. The van der Waals surface area contributed by atoms with Gasteiger partial charge in [-0.1, -0.05) is 15.9 Å². The van der Waals surface area contributed by atoms with Crippen molar-refractivity contribution in [3.05, 3.63) is 58.4 Å². The van der Waals surface area contributed by atoms with Crippen LogP contribution in [-0.4, -0.2) is 29.9 Å². The second-order valence-electron chi connectivity index (χ2n) is 4.59. The van der Waals surface area contributed by atoms with E-state index in [0.29, 0.717) is 0 Å². The van der Waals surface area contributed by atoms with Crippen molar-refractivity contribution in [2.75, 3.05) is 13.7 Å². The van der Waals surface area contributed by atoms with Gasteiger partial charge in [0.15, 0.2) is 5.60 Å². The Morgan fingerprint density at radius 1 is 1.17 bits per heavy atom. The van der Waals surface area contributed by atoms with E-state index in [1.165, 1.54) is 25.3 Å². The summed E-state index contributed by atoms with van der Waals surface area (Å²) in [4.78, 5) is 3.59. The van der Waals surface area contributed by atoms with Crippen molar-refractivity contribution >= 4 is 15.9 Å². The van der Waals surface area contributed by atoms with Gasteiger partial charge in [0.1, 0.15) is 5.82 Å². The molecule has 1 unspecified atom stereocenters. The molecule has 0 radical (unpaired) electrons. The molecule has 2 rings (SSSR count). The van der Waals surface area contributed by atoms with Crippen LogP contribution in [-0.2, 0) is 5.60 Å². The lowest BCUT2D eigenvalue weighted by molar-refractivity contribution is -0.262. The molecular formula is C15H15BrF4N2O2. The number of benzene rings is 1. The largest absolute Gasteiger partial charge is 0.481 e. The molecule has 0 bridgehead atoms. The highest BCUT2D eigenvalue weighted by molar-refractivity contribution is 9.10. The standard InChI is InChI=1S/C9H11F3N2O2.C6H4BrF/c1-16-7-3-2-6(4-14-7)8(15,5-13)9(10,11)12;7-5-1-3-6(8)4-2-5/h2-4,15H,5,13H2,1H3;1-4H. The van der Waals surface area contributed by atoms with E-state index < -0.39 is 23.9 Å². The summed E-state index contributed by atoms with van der Waals surface area (Å²) < 4.78 is 55.4. The number of pyridine rings is 1. The molecule has 4 nitrogen and oxygen atoms in total. The number of alkyl halides is 3. The monoisotopic (exact) mass is 410 g/mol. The van der Waals surface area contributed by atoms with Gasteiger partial charge in [0.05, 0.1) is 7.11 Å². The molecule has 1 atom stereocenters. The lowest BCUT2D eigenvalue weighted by atomic mass is 9.95. The van der Waals surface area contributed by atoms with Gasteiger partial charge >= 0.3 is 6.18 Å². The quantitative estimate of drug-likeness (QED) is 0.761. The van der Waals surface area contributed by atoms with Gasteiger partial charge in [0.25, 0.3) is 0 Å². The summed E-state index contributed by atoms with van der Waals surface area (Å²) in [7, 11) is 1.33. The normalized spacial score (nSPS) is 13.5. The number of methoxy groups -OCH3 is 1. The van der Waals surface area contributed by atoms with Crippen molar-refractivity contribution in [1.82, 2.24) is 4.98 Å². The molecule has 132 valence electrons. The number of halogens is 5. The van der Waals surface area contributed by atoms with Gasteiger partial charge in [-0.2, -0.15) is 13.2 Å². The molecule has 2 aromatic rings. The molecular weight excluding hydrogens is 396 g/mol. The smallest absolute Gasteiger partial charge is 0.422 e. The Labute approximate surface area is 144 Å². The SMILES string of the molecule is COc1ccc(C(O)(CN)C(F)(F)F)cn1.Fc1ccc(Br)cc1. The van der Waals surface area contributed by atoms with Crippen molar-refractivity contribution in [3.8, 4) is 5.88 Å². The molecule has 0 amide bonds. The summed E-state index contributed by atoms with van der Waals surface area (Å²) in [5.74, 6) is -0.0431. The van der Waals surface area contributed by atoms with E-state index in [1.807, 2.05) is 0 Å². The van der Waals surface area contributed by atoms with E-state index >= 15 is 0 Å². The second-order valence-corrected chi connectivity index (χ2v) is 5.50. The fourth-order valence-corrected chi connectivity index (χ4v) is 1.84. The van der Waals surface area contributed by atoms with Crippen LogP contribution in [0.1, 0.15) is 5.56 Å². The molecule has 0 saturated heterocycles. The average Bonchev–Trinajstić information content (AvgIpc) is 2.56. The van der Waals surface area contributed by atoms with Gasteiger partial charge in [0.2, 0.25) is 5.88 Å². The molecule has 1 heterocycles. The zero-order valence-electron chi connectivity index (χ0n) is 12.5. The van der Waals surface area contributed by atoms with Crippen LogP contribution in [0.15, 0.2) is 47.1 Å². The Bertz CT molecular complexity index is 614. The summed E-state index contributed by atoms with van der Waals surface area (Å²) in [5, 5.41) is 9.46. The van der Waals surface area contributed by atoms with Gasteiger partial charge in [-0.25, -0.2) is 9.37 Å². The van der Waals surface area contributed by atoms with Crippen LogP contribution < -0.4 is 10.5 Å². The maximum Gasteiger partial charge on any atom is 0.422 e. The number of nitrogens with two attached hydrogens (primary N) is 1. The van der Waals surface area contributed by atoms with Crippen LogP contribution in [0.5, 0.6) is 5.88 Å². The number of hydrogen-bond donors (Lipinski definition) is 2. The summed E-state index contributed by atoms with van der Waals surface area (Å²) in [6.45, 7) is -0.968. The molecule has 0 aliphatic rings. The Morgan fingerprint density at radius 3 is 2.08 bits per heavy atom. The number of aliphatic hydroxyl groups is 1. The Kier molecular flexibility index (Phi) is 7.12. The van der Waals surface area contributed by atoms with Gasteiger partial charge in [-0.3, -0.25) is 0 Å². The highest BCUT2D eigenvalue weighted by atomic mass is 79.9. The molecule has 0 fully saturated rings. The fourth-order valence-electron chi connectivity index (χ4n) is 1.57. The third-order valence-corrected chi connectivity index (χ3v) is 3.52. The third kappa shape index (κ3) is 5.15. The van der Waals surface area contributed by atoms with Gasteiger partial charge in [0, 0.05) is 28.8 Å². The zero-order valence-corrected chi connectivity index (χ0v) is 14.1. The van der Waals surface area contributed by atoms with Crippen LogP contribution in [0, 0.1) is 5.82 Å². The Morgan fingerprint density at radius 2 is 1.75 bits per heavy atom. The van der Waals surface area contributed by atoms with E-state index in [9.17, 15) is 22.7 Å². The number of hydrogen-bond acceptors (Lipinski definition) is 4. The molecule has 0 aliphatic carbocycles. The molecule has 24 heavy (non-hydrogen) atoms. The molecule has 1 aromatic carbocycles. The van der Waals surface area contributed by atoms with Crippen LogP contribution in [0.3, 0.4) is 0 Å². The topological polar surface area (TPSA) is 68.4 Å². The number of ether oxygens (including phenoxy) is 1. The van der Waals surface area contributed by atoms with Crippen molar-refractivity contribution in [2.45, 2.75) is 11.8 Å². The second kappa shape index (κ2) is 8.41. The van der Waals surface area contributed by atoms with Crippen LogP contribution in [0.25, 0.3) is 0 Å². The van der Waals surface area contributed by atoms with Crippen LogP contribution in [0.2, 0.25) is 0 Å². The molecule has 3 N–H and O–H groups in total. The van der Waals surface area contributed by atoms with Crippen LogP contribution >= 0.6 is 15.9 Å². The van der Waals surface area contributed by atoms with E-state index in [0.717, 1.165) is 16.7 Å².